The van der Waals surface area contributed by atoms with Crippen LogP contribution < -0.4 is 4.74 Å². The van der Waals surface area contributed by atoms with E-state index < -0.39 is 11.6 Å². The summed E-state index contributed by atoms with van der Waals surface area (Å²) in [5.41, 5.74) is 1.77. The molecule has 0 saturated carbocycles. The molecule has 4 nitrogen and oxygen atoms in total. The average Bonchev–Trinajstić information content (AvgIpc) is 2.61. The lowest BCUT2D eigenvalue weighted by molar-refractivity contribution is -0.153. The zero-order valence-electron chi connectivity index (χ0n) is 15.6. The molecule has 2 aliphatic heterocycles. The third-order valence-electron chi connectivity index (χ3n) is 5.94. The molecular weight excluding hydrogens is 364 g/mol. The van der Waals surface area contributed by atoms with Gasteiger partial charge in [-0.1, -0.05) is 35.9 Å². The first kappa shape index (κ1) is 18.3. The number of carboxylic acid groups (broad SMARTS) is 1. The summed E-state index contributed by atoms with van der Waals surface area (Å²) in [6, 6.07) is 13.0. The molecule has 2 aromatic rings. The van der Waals surface area contributed by atoms with Crippen LogP contribution in [0.15, 0.2) is 42.5 Å². The fourth-order valence-electron chi connectivity index (χ4n) is 4.45. The van der Waals surface area contributed by atoms with Crippen LogP contribution in [0.1, 0.15) is 60.7 Å². The van der Waals surface area contributed by atoms with Crippen molar-refractivity contribution in [1.82, 2.24) is 0 Å². The van der Waals surface area contributed by atoms with Crippen LogP contribution in [0.25, 0.3) is 0 Å². The third-order valence-corrected chi connectivity index (χ3v) is 6.28. The van der Waals surface area contributed by atoms with E-state index in [1.54, 1.807) is 12.1 Å². The maximum Gasteiger partial charge on any atom is 0.335 e. The lowest BCUT2D eigenvalue weighted by atomic mass is 9.70. The molecule has 0 bridgehead atoms. The molecule has 0 aliphatic carbocycles. The highest BCUT2D eigenvalue weighted by atomic mass is 35.5. The van der Waals surface area contributed by atoms with Crippen molar-refractivity contribution >= 4 is 17.6 Å². The number of carbonyl (C=O) groups is 1. The quantitative estimate of drug-likeness (QED) is 0.744. The highest BCUT2D eigenvalue weighted by molar-refractivity contribution is 6.31. The minimum atomic E-state index is -0.960. The summed E-state index contributed by atoms with van der Waals surface area (Å²) in [4.78, 5) is 11.3. The number of ether oxygens (including phenoxy) is 2. The molecular formula is C22H23ClO4. The summed E-state index contributed by atoms with van der Waals surface area (Å²) < 4.78 is 12.7. The Morgan fingerprint density at radius 1 is 1.19 bits per heavy atom. The van der Waals surface area contributed by atoms with E-state index in [2.05, 4.69) is 13.0 Å². The number of benzene rings is 2. The van der Waals surface area contributed by atoms with E-state index in [-0.39, 0.29) is 29.6 Å². The Bertz CT molecular complexity index is 892. The monoisotopic (exact) mass is 386 g/mol. The van der Waals surface area contributed by atoms with E-state index in [0.717, 1.165) is 22.6 Å². The molecule has 5 heteroatoms. The maximum absolute atomic E-state index is 11.3. The SMILES string of the molecule is C[C@@H]1O[C@@H]2c3ccc(C(=O)O)cc3OC(C)(C)[C@H]2C[C@H]1c1ccccc1Cl. The molecule has 1 fully saturated rings. The first-order valence-electron chi connectivity index (χ1n) is 9.24. The molecule has 2 aromatic carbocycles. The van der Waals surface area contributed by atoms with E-state index in [4.69, 9.17) is 21.1 Å². The van der Waals surface area contributed by atoms with Gasteiger partial charge in [0, 0.05) is 22.4 Å². The molecule has 0 amide bonds. The topological polar surface area (TPSA) is 55.8 Å². The van der Waals surface area contributed by atoms with Crippen LogP contribution in [0.5, 0.6) is 5.75 Å². The summed E-state index contributed by atoms with van der Waals surface area (Å²) in [5.74, 6) is -0.0385. The second-order valence-corrected chi connectivity index (χ2v) is 8.40. The molecule has 4 atom stereocenters. The highest BCUT2D eigenvalue weighted by Gasteiger charge is 2.50. The van der Waals surface area contributed by atoms with Gasteiger partial charge in [-0.15, -0.1) is 0 Å². The second kappa shape index (κ2) is 6.54. The van der Waals surface area contributed by atoms with Gasteiger partial charge in [0.05, 0.1) is 17.8 Å². The van der Waals surface area contributed by atoms with Crippen LogP contribution in [0, 0.1) is 5.92 Å². The normalized spacial score (nSPS) is 28.6. The van der Waals surface area contributed by atoms with Crippen molar-refractivity contribution in [2.75, 3.05) is 0 Å². The van der Waals surface area contributed by atoms with Crippen LogP contribution in [-0.2, 0) is 4.74 Å². The highest BCUT2D eigenvalue weighted by Crippen LogP contribution is 2.54. The lowest BCUT2D eigenvalue weighted by Gasteiger charge is -2.50. The molecule has 0 unspecified atom stereocenters. The Hall–Kier alpha value is -2.04. The predicted molar refractivity (Wildman–Crippen MR) is 104 cm³/mol. The molecule has 0 aromatic heterocycles. The number of halogens is 1. The Morgan fingerprint density at radius 2 is 1.93 bits per heavy atom. The van der Waals surface area contributed by atoms with Gasteiger partial charge < -0.3 is 14.6 Å². The summed E-state index contributed by atoms with van der Waals surface area (Å²) >= 11 is 6.45. The van der Waals surface area contributed by atoms with Crippen molar-refractivity contribution in [2.24, 2.45) is 5.92 Å². The Morgan fingerprint density at radius 3 is 2.63 bits per heavy atom. The summed E-state index contributed by atoms with van der Waals surface area (Å²) in [6.07, 6.45) is 0.760. The van der Waals surface area contributed by atoms with Crippen molar-refractivity contribution in [1.29, 1.82) is 0 Å². The standard InChI is InChI=1S/C22H23ClO4/c1-12-16(14-6-4-5-7-18(14)23)11-17-20(26-12)15-9-8-13(21(24)25)10-19(15)27-22(17,2)3/h4-10,12,16-17,20H,11H2,1-3H3,(H,24,25)/t12-,16+,17-,20+/m0/s1. The van der Waals surface area contributed by atoms with Crippen LogP contribution in [0.3, 0.4) is 0 Å². The fourth-order valence-corrected chi connectivity index (χ4v) is 4.73. The molecule has 4 rings (SSSR count). The fraction of sp³-hybridized carbons (Fsp3) is 0.409. The number of fused-ring (bicyclic) bond motifs is 3. The Labute approximate surface area is 164 Å². The molecule has 2 aliphatic rings. The average molecular weight is 387 g/mol. The van der Waals surface area contributed by atoms with Gasteiger partial charge >= 0.3 is 5.97 Å². The van der Waals surface area contributed by atoms with Gasteiger partial charge in [0.2, 0.25) is 0 Å². The molecule has 2 heterocycles. The van der Waals surface area contributed by atoms with E-state index >= 15 is 0 Å². The number of rotatable bonds is 2. The Kier molecular flexibility index (Phi) is 4.44. The molecule has 1 saturated heterocycles. The zero-order valence-corrected chi connectivity index (χ0v) is 16.4. The van der Waals surface area contributed by atoms with Crippen LogP contribution in [0.4, 0.5) is 0 Å². The summed E-state index contributed by atoms with van der Waals surface area (Å²) in [5, 5.41) is 10.0. The van der Waals surface area contributed by atoms with E-state index in [1.807, 2.05) is 38.1 Å². The zero-order chi connectivity index (χ0) is 19.3. The third kappa shape index (κ3) is 3.11. The van der Waals surface area contributed by atoms with Gasteiger partial charge in [0.15, 0.2) is 0 Å². The van der Waals surface area contributed by atoms with E-state index in [1.165, 1.54) is 0 Å². The van der Waals surface area contributed by atoms with Crippen LogP contribution in [-0.4, -0.2) is 22.8 Å². The largest absolute Gasteiger partial charge is 0.487 e. The predicted octanol–water partition coefficient (Wildman–Crippen LogP) is 5.46. The van der Waals surface area contributed by atoms with Crippen LogP contribution in [0.2, 0.25) is 5.02 Å². The van der Waals surface area contributed by atoms with Crippen molar-refractivity contribution in [3.8, 4) is 5.75 Å². The number of aromatic carboxylic acids is 1. The molecule has 0 radical (unpaired) electrons. The minimum Gasteiger partial charge on any atom is -0.487 e. The molecule has 1 N–H and O–H groups in total. The number of carboxylic acids is 1. The smallest absolute Gasteiger partial charge is 0.335 e. The van der Waals surface area contributed by atoms with Crippen LogP contribution >= 0.6 is 11.6 Å². The van der Waals surface area contributed by atoms with E-state index in [9.17, 15) is 9.90 Å². The van der Waals surface area contributed by atoms with Gasteiger partial charge in [-0.3, -0.25) is 0 Å². The van der Waals surface area contributed by atoms with Gasteiger partial charge in [0.1, 0.15) is 11.4 Å². The number of hydrogen-bond acceptors (Lipinski definition) is 3. The molecule has 0 spiro atoms. The first-order valence-corrected chi connectivity index (χ1v) is 9.62. The van der Waals surface area contributed by atoms with Crippen molar-refractivity contribution in [3.63, 3.8) is 0 Å². The lowest BCUT2D eigenvalue weighted by Crippen LogP contribution is -2.50. The molecule has 142 valence electrons. The first-order chi connectivity index (χ1) is 12.8. The summed E-state index contributed by atoms with van der Waals surface area (Å²) in [6.45, 7) is 6.17. The van der Waals surface area contributed by atoms with Crippen molar-refractivity contribution < 1.29 is 19.4 Å². The second-order valence-electron chi connectivity index (χ2n) is 8.00. The van der Waals surface area contributed by atoms with Gasteiger partial charge in [-0.25, -0.2) is 4.79 Å². The maximum atomic E-state index is 11.3. The summed E-state index contributed by atoms with van der Waals surface area (Å²) in [7, 11) is 0. The number of hydrogen-bond donors (Lipinski definition) is 1. The Balaban J connectivity index is 1.72. The van der Waals surface area contributed by atoms with Gasteiger partial charge in [-0.2, -0.15) is 0 Å². The van der Waals surface area contributed by atoms with Crippen molar-refractivity contribution in [2.45, 2.75) is 50.9 Å². The van der Waals surface area contributed by atoms with Gasteiger partial charge in [-0.05, 0) is 51.0 Å². The molecule has 27 heavy (non-hydrogen) atoms. The minimum absolute atomic E-state index is 0.00736. The van der Waals surface area contributed by atoms with Crippen molar-refractivity contribution in [3.05, 3.63) is 64.2 Å². The van der Waals surface area contributed by atoms with Gasteiger partial charge in [0.25, 0.3) is 0 Å². The van der Waals surface area contributed by atoms with E-state index in [0.29, 0.717) is 5.75 Å².